The van der Waals surface area contributed by atoms with Crippen molar-refractivity contribution < 1.29 is 28.9 Å². The maximum atomic E-state index is 14.1. The third-order valence-electron chi connectivity index (χ3n) is 8.75. The summed E-state index contributed by atoms with van der Waals surface area (Å²) >= 11 is 1.30. The molecular formula is C32H47NO6S. The number of ether oxygens (including phenoxy) is 3. The quantitative estimate of drug-likeness (QED) is 0.305. The smallest absolute Gasteiger partial charge is 0.350 e. The second-order valence-electron chi connectivity index (χ2n) is 12.5. The zero-order valence-electron chi connectivity index (χ0n) is 24.7. The van der Waals surface area contributed by atoms with Crippen molar-refractivity contribution in [1.29, 1.82) is 0 Å². The molecule has 1 aliphatic heterocycles. The molecule has 4 rings (SSSR count). The van der Waals surface area contributed by atoms with Crippen molar-refractivity contribution >= 4 is 28.9 Å². The Kier molecular flexibility index (Phi) is 11.1. The molecule has 3 aliphatic rings. The molecule has 0 aromatic carbocycles. The van der Waals surface area contributed by atoms with Crippen LogP contribution in [0.4, 0.5) is 5.69 Å². The number of methoxy groups -OCH3 is 1. The number of hydrogen-bond donors (Lipinski definition) is 1. The number of thiophene rings is 1. The topological polar surface area (TPSA) is 85.3 Å². The molecule has 7 nitrogen and oxygen atoms in total. The molecule has 2 heterocycles. The van der Waals surface area contributed by atoms with E-state index in [0.717, 1.165) is 63.0 Å². The molecule has 0 radical (unpaired) electrons. The van der Waals surface area contributed by atoms with Crippen LogP contribution in [-0.4, -0.2) is 62.2 Å². The lowest BCUT2D eigenvalue weighted by molar-refractivity contribution is -0.124. The highest BCUT2D eigenvalue weighted by Crippen LogP contribution is 2.39. The lowest BCUT2D eigenvalue weighted by Crippen LogP contribution is -2.47. The van der Waals surface area contributed by atoms with E-state index in [0.29, 0.717) is 48.8 Å². The summed E-state index contributed by atoms with van der Waals surface area (Å²) in [6, 6.07) is 1.86. The average Bonchev–Trinajstić information content (AvgIpc) is 3.37. The molecule has 0 spiro atoms. The third kappa shape index (κ3) is 8.31. The van der Waals surface area contributed by atoms with E-state index in [1.165, 1.54) is 18.4 Å². The van der Waals surface area contributed by atoms with Crippen molar-refractivity contribution in [3.05, 3.63) is 15.8 Å². The Morgan fingerprint density at radius 2 is 1.75 bits per heavy atom. The zero-order valence-corrected chi connectivity index (χ0v) is 25.5. The largest absolute Gasteiger partial charge is 0.465 e. The molecule has 3 fully saturated rings. The van der Waals surface area contributed by atoms with Crippen LogP contribution in [-0.2, 0) is 19.0 Å². The highest BCUT2D eigenvalue weighted by atomic mass is 32.1. The van der Waals surface area contributed by atoms with Crippen LogP contribution in [0.3, 0.4) is 0 Å². The van der Waals surface area contributed by atoms with E-state index in [1.54, 1.807) is 0 Å². The minimum Gasteiger partial charge on any atom is -0.465 e. The molecule has 2 saturated carbocycles. The first kappa shape index (κ1) is 31.0. The van der Waals surface area contributed by atoms with E-state index in [9.17, 15) is 14.7 Å². The Balaban J connectivity index is 1.56. The molecule has 1 amide bonds. The van der Waals surface area contributed by atoms with Crippen molar-refractivity contribution in [3.63, 3.8) is 0 Å². The van der Waals surface area contributed by atoms with Crippen LogP contribution < -0.4 is 4.90 Å². The van der Waals surface area contributed by atoms with Gasteiger partial charge >= 0.3 is 5.97 Å². The Labute approximate surface area is 243 Å². The van der Waals surface area contributed by atoms with Crippen molar-refractivity contribution in [3.8, 4) is 11.8 Å². The van der Waals surface area contributed by atoms with E-state index < -0.39 is 5.97 Å². The number of rotatable bonds is 8. The lowest BCUT2D eigenvalue weighted by atomic mass is 9.81. The highest BCUT2D eigenvalue weighted by Gasteiger charge is 2.37. The monoisotopic (exact) mass is 573 g/mol. The standard InChI is InChI=1S/C32H47NO6S/c1-22-5-7-23(8-6-22)30(35)33(24-9-11-25(34)12-10-24)28-21-27(40-29(28)31(36)37-4)13-16-32(2,3)17-20-39-26-14-18-38-19-15-26/h21-26,34H,5-12,14-15,17-20H2,1-4H3/t22-,23-,24-,25-. The maximum Gasteiger partial charge on any atom is 0.350 e. The second-order valence-corrected chi connectivity index (χ2v) is 13.6. The van der Waals surface area contributed by atoms with Crippen LogP contribution in [0.15, 0.2) is 6.07 Å². The van der Waals surface area contributed by atoms with Crippen molar-refractivity contribution in [2.24, 2.45) is 17.3 Å². The van der Waals surface area contributed by atoms with Gasteiger partial charge < -0.3 is 24.2 Å². The molecule has 1 N–H and O–H groups in total. The van der Waals surface area contributed by atoms with Gasteiger partial charge in [0.15, 0.2) is 0 Å². The van der Waals surface area contributed by atoms with E-state index in [2.05, 4.69) is 32.6 Å². The summed E-state index contributed by atoms with van der Waals surface area (Å²) in [4.78, 5) is 30.1. The fourth-order valence-electron chi connectivity index (χ4n) is 5.99. The van der Waals surface area contributed by atoms with Gasteiger partial charge in [-0.15, -0.1) is 11.3 Å². The van der Waals surface area contributed by atoms with Gasteiger partial charge in [-0.3, -0.25) is 4.79 Å². The number of carbonyl (C=O) groups excluding carboxylic acids is 2. The molecule has 40 heavy (non-hydrogen) atoms. The SMILES string of the molecule is COC(=O)c1sc(C#CC(C)(C)CCOC2CCOCC2)cc1N(C(=O)[C@H]1CC[C@H](C)CC1)[C@H]1CC[C@H](O)CC1. The molecule has 0 atom stereocenters. The molecular weight excluding hydrogens is 526 g/mol. The summed E-state index contributed by atoms with van der Waals surface area (Å²) in [5, 5.41) is 10.2. The van der Waals surface area contributed by atoms with Crippen molar-refractivity contribution in [2.45, 2.75) is 110 Å². The fraction of sp³-hybridized carbons (Fsp3) is 0.750. The van der Waals surface area contributed by atoms with Gasteiger partial charge in [-0.2, -0.15) is 0 Å². The molecule has 2 aliphatic carbocycles. The number of anilines is 1. The Morgan fingerprint density at radius 1 is 1.07 bits per heavy atom. The Hall–Kier alpha value is -1.92. The first-order valence-electron chi connectivity index (χ1n) is 15.1. The molecule has 222 valence electrons. The van der Waals surface area contributed by atoms with Crippen LogP contribution in [0.1, 0.15) is 106 Å². The number of hydrogen-bond acceptors (Lipinski definition) is 7. The molecule has 1 aromatic heterocycles. The summed E-state index contributed by atoms with van der Waals surface area (Å²) in [6.07, 6.45) is 9.20. The Morgan fingerprint density at radius 3 is 2.40 bits per heavy atom. The molecule has 0 unspecified atom stereocenters. The number of amides is 1. The summed E-state index contributed by atoms with van der Waals surface area (Å²) in [7, 11) is 1.38. The number of esters is 1. The Bertz CT molecular complexity index is 1050. The van der Waals surface area contributed by atoms with Crippen LogP contribution in [0, 0.1) is 29.1 Å². The maximum absolute atomic E-state index is 14.1. The van der Waals surface area contributed by atoms with Crippen molar-refractivity contribution in [2.75, 3.05) is 31.8 Å². The number of aliphatic hydroxyl groups is 1. The van der Waals surface area contributed by atoms with Gasteiger partial charge in [0.1, 0.15) is 4.88 Å². The van der Waals surface area contributed by atoms with Gasteiger partial charge in [-0.05, 0) is 96.5 Å². The predicted octanol–water partition coefficient (Wildman–Crippen LogP) is 5.96. The van der Waals surface area contributed by atoms with E-state index >= 15 is 0 Å². The second kappa shape index (κ2) is 14.3. The number of carbonyl (C=O) groups is 2. The summed E-state index contributed by atoms with van der Waals surface area (Å²) in [5.74, 6) is 6.96. The predicted molar refractivity (Wildman–Crippen MR) is 158 cm³/mol. The van der Waals surface area contributed by atoms with Crippen LogP contribution >= 0.6 is 11.3 Å². The first-order valence-corrected chi connectivity index (χ1v) is 15.9. The number of nitrogens with zero attached hydrogens (tertiary/aromatic N) is 1. The van der Waals surface area contributed by atoms with Crippen LogP contribution in [0.25, 0.3) is 0 Å². The summed E-state index contributed by atoms with van der Waals surface area (Å²) in [6.45, 7) is 8.63. The van der Waals surface area contributed by atoms with Gasteiger partial charge in [0.05, 0.1) is 29.9 Å². The molecule has 1 aromatic rings. The van der Waals surface area contributed by atoms with Crippen LogP contribution in [0.2, 0.25) is 0 Å². The first-order chi connectivity index (χ1) is 19.2. The zero-order chi connectivity index (χ0) is 28.7. The van der Waals surface area contributed by atoms with E-state index in [4.69, 9.17) is 14.2 Å². The van der Waals surface area contributed by atoms with Gasteiger partial charge in [0.25, 0.3) is 0 Å². The van der Waals surface area contributed by atoms with E-state index in [-0.39, 0.29) is 35.5 Å². The average molecular weight is 574 g/mol. The number of aliphatic hydroxyl groups excluding tert-OH is 1. The normalized spacial score (nSPS) is 26.0. The lowest BCUT2D eigenvalue weighted by Gasteiger charge is -2.38. The minimum atomic E-state index is -0.442. The summed E-state index contributed by atoms with van der Waals surface area (Å²) in [5.41, 5.74) is 0.348. The van der Waals surface area contributed by atoms with Gasteiger partial charge in [-0.1, -0.05) is 18.8 Å². The third-order valence-corrected chi connectivity index (χ3v) is 9.77. The van der Waals surface area contributed by atoms with Crippen LogP contribution in [0.5, 0.6) is 0 Å². The van der Waals surface area contributed by atoms with Crippen molar-refractivity contribution in [1.82, 2.24) is 0 Å². The molecule has 1 saturated heterocycles. The minimum absolute atomic E-state index is 0.0439. The van der Waals surface area contributed by atoms with Gasteiger partial charge in [0.2, 0.25) is 5.91 Å². The molecule has 8 heteroatoms. The molecule has 0 bridgehead atoms. The summed E-state index contributed by atoms with van der Waals surface area (Å²) < 4.78 is 16.6. The fourth-order valence-corrected chi connectivity index (χ4v) is 6.91. The van der Waals surface area contributed by atoms with Gasteiger partial charge in [0, 0.05) is 37.2 Å². The van der Waals surface area contributed by atoms with E-state index in [1.807, 2.05) is 11.0 Å². The van der Waals surface area contributed by atoms with Gasteiger partial charge in [-0.25, -0.2) is 4.79 Å². The highest BCUT2D eigenvalue weighted by molar-refractivity contribution is 7.15.